The molecule has 1 aliphatic heterocycles. The Kier molecular flexibility index (Phi) is 7.42. The maximum Gasteiger partial charge on any atom is 0.132 e. The van der Waals surface area contributed by atoms with Crippen molar-refractivity contribution in [2.24, 2.45) is 5.92 Å². The van der Waals surface area contributed by atoms with Gasteiger partial charge < -0.3 is 19.5 Å². The smallest absolute Gasteiger partial charge is 0.132 e. The molecule has 1 aliphatic carbocycles. The van der Waals surface area contributed by atoms with E-state index >= 15 is 0 Å². The van der Waals surface area contributed by atoms with Crippen LogP contribution in [-0.2, 0) is 16.1 Å². The fourth-order valence-electron chi connectivity index (χ4n) is 5.14. The molecule has 2 aliphatic rings. The highest BCUT2D eigenvalue weighted by molar-refractivity contribution is 5.53. The van der Waals surface area contributed by atoms with Crippen LogP contribution in [-0.4, -0.2) is 25.4 Å². The highest BCUT2D eigenvalue weighted by Crippen LogP contribution is 2.45. The first-order chi connectivity index (χ1) is 15.5. The number of fused-ring (bicyclic) bond motifs is 1. The fraction of sp³-hybridized carbons (Fsp3) is 0.571. The quantitative estimate of drug-likeness (QED) is 0.492. The van der Waals surface area contributed by atoms with Crippen LogP contribution in [0.2, 0.25) is 0 Å². The molecule has 2 aromatic rings. The number of hydrogen-bond acceptors (Lipinski definition) is 4. The van der Waals surface area contributed by atoms with E-state index in [0.717, 1.165) is 35.9 Å². The summed E-state index contributed by atoms with van der Waals surface area (Å²) >= 11 is 0. The third-order valence-electron chi connectivity index (χ3n) is 7.17. The molecule has 2 atom stereocenters. The van der Waals surface area contributed by atoms with Crippen molar-refractivity contribution < 1.29 is 14.2 Å². The second-order valence-electron chi connectivity index (χ2n) is 9.95. The van der Waals surface area contributed by atoms with Gasteiger partial charge in [-0.1, -0.05) is 56.4 Å². The van der Waals surface area contributed by atoms with E-state index in [1.165, 1.54) is 43.2 Å². The molecule has 4 heteroatoms. The van der Waals surface area contributed by atoms with Gasteiger partial charge in [-0.25, -0.2) is 0 Å². The molecule has 0 bridgehead atoms. The first kappa shape index (κ1) is 23.1. The lowest BCUT2D eigenvalue weighted by atomic mass is 9.86. The van der Waals surface area contributed by atoms with Crippen LogP contribution in [0.4, 0.5) is 5.69 Å². The van der Waals surface area contributed by atoms with Crippen molar-refractivity contribution in [1.29, 1.82) is 0 Å². The van der Waals surface area contributed by atoms with Crippen LogP contribution >= 0.6 is 0 Å². The standard InChI is InChI=1S/C28H39NO3/c1-20-10-8-9-13-22(20)19-31-27-26(30-17-16-21-11-6-5-7-12-21)24-18-23(29-4)14-15-25(24)32-28(27,2)3/h8-10,13-15,18,21,26-27,29H,5-7,11-12,16-17,19H2,1-4H3. The average molecular weight is 438 g/mol. The summed E-state index contributed by atoms with van der Waals surface area (Å²) in [5.41, 5.74) is 4.10. The molecule has 1 N–H and O–H groups in total. The topological polar surface area (TPSA) is 39.7 Å². The van der Waals surface area contributed by atoms with Crippen LogP contribution < -0.4 is 10.1 Å². The molecule has 0 amide bonds. The molecule has 32 heavy (non-hydrogen) atoms. The molecule has 0 aromatic heterocycles. The number of hydrogen-bond donors (Lipinski definition) is 1. The van der Waals surface area contributed by atoms with Crippen LogP contribution in [0.25, 0.3) is 0 Å². The van der Waals surface area contributed by atoms with Crippen molar-refractivity contribution >= 4 is 5.69 Å². The van der Waals surface area contributed by atoms with Crippen LogP contribution in [0, 0.1) is 12.8 Å². The zero-order valence-corrected chi connectivity index (χ0v) is 20.2. The Morgan fingerprint density at radius 1 is 1.03 bits per heavy atom. The predicted octanol–water partition coefficient (Wildman–Crippen LogP) is 6.82. The zero-order valence-electron chi connectivity index (χ0n) is 20.2. The fourth-order valence-corrected chi connectivity index (χ4v) is 5.14. The molecule has 4 rings (SSSR count). The maximum absolute atomic E-state index is 6.65. The molecular weight excluding hydrogens is 398 g/mol. The second-order valence-corrected chi connectivity index (χ2v) is 9.95. The zero-order chi connectivity index (χ0) is 22.6. The second kappa shape index (κ2) is 10.3. The van der Waals surface area contributed by atoms with Crippen LogP contribution in [0.15, 0.2) is 42.5 Å². The van der Waals surface area contributed by atoms with Crippen LogP contribution in [0.3, 0.4) is 0 Å². The van der Waals surface area contributed by atoms with Gasteiger partial charge in [0.2, 0.25) is 0 Å². The van der Waals surface area contributed by atoms with E-state index in [9.17, 15) is 0 Å². The van der Waals surface area contributed by atoms with Crippen molar-refractivity contribution in [1.82, 2.24) is 0 Å². The van der Waals surface area contributed by atoms with Crippen molar-refractivity contribution in [2.45, 2.75) is 83.7 Å². The Hall–Kier alpha value is -2.04. The summed E-state index contributed by atoms with van der Waals surface area (Å²) in [6.45, 7) is 7.67. The maximum atomic E-state index is 6.65. The van der Waals surface area contributed by atoms with Gasteiger partial charge in [-0.05, 0) is 62.4 Å². The summed E-state index contributed by atoms with van der Waals surface area (Å²) in [6.07, 6.45) is 7.58. The molecule has 1 fully saturated rings. The SMILES string of the molecule is CNc1ccc2c(c1)C(OCCC1CCCCC1)C(OCc1ccccc1C)C(C)(C)O2. The van der Waals surface area contributed by atoms with Crippen LogP contribution in [0.1, 0.15) is 75.2 Å². The van der Waals surface area contributed by atoms with Gasteiger partial charge in [0, 0.05) is 24.9 Å². The molecule has 2 aromatic carbocycles. The highest BCUT2D eigenvalue weighted by atomic mass is 16.6. The lowest BCUT2D eigenvalue weighted by Gasteiger charge is -2.44. The Morgan fingerprint density at radius 2 is 1.81 bits per heavy atom. The van der Waals surface area contributed by atoms with Crippen LogP contribution in [0.5, 0.6) is 5.75 Å². The van der Waals surface area contributed by atoms with Crippen molar-refractivity contribution in [3.63, 3.8) is 0 Å². The number of aryl methyl sites for hydroxylation is 1. The lowest BCUT2D eigenvalue weighted by molar-refractivity contribution is -0.168. The third kappa shape index (κ3) is 5.29. The minimum atomic E-state index is -0.494. The Labute approximate surface area is 193 Å². The van der Waals surface area contributed by atoms with Gasteiger partial charge in [0.25, 0.3) is 0 Å². The van der Waals surface area contributed by atoms with E-state index < -0.39 is 5.60 Å². The number of anilines is 1. The average Bonchev–Trinajstić information content (AvgIpc) is 2.79. The summed E-state index contributed by atoms with van der Waals surface area (Å²) in [5.74, 6) is 1.69. The molecule has 1 heterocycles. The minimum Gasteiger partial charge on any atom is -0.485 e. The summed E-state index contributed by atoms with van der Waals surface area (Å²) < 4.78 is 19.7. The first-order valence-corrected chi connectivity index (χ1v) is 12.3. The van der Waals surface area contributed by atoms with E-state index in [1.54, 1.807) is 0 Å². The van der Waals surface area contributed by atoms with Gasteiger partial charge >= 0.3 is 0 Å². The lowest BCUT2D eigenvalue weighted by Crippen LogP contribution is -2.51. The monoisotopic (exact) mass is 437 g/mol. The summed E-state index contributed by atoms with van der Waals surface area (Å²) in [6, 6.07) is 14.7. The van der Waals surface area contributed by atoms with Gasteiger partial charge in [-0.15, -0.1) is 0 Å². The van der Waals surface area contributed by atoms with Gasteiger partial charge in [-0.2, -0.15) is 0 Å². The molecule has 4 nitrogen and oxygen atoms in total. The Balaban J connectivity index is 1.55. The molecule has 174 valence electrons. The largest absolute Gasteiger partial charge is 0.485 e. The molecule has 0 saturated heterocycles. The molecule has 0 spiro atoms. The Morgan fingerprint density at radius 3 is 2.56 bits per heavy atom. The highest BCUT2D eigenvalue weighted by Gasteiger charge is 2.45. The number of benzene rings is 2. The van der Waals surface area contributed by atoms with E-state index in [2.05, 4.69) is 68.6 Å². The van der Waals surface area contributed by atoms with E-state index in [-0.39, 0.29) is 12.2 Å². The molecule has 1 saturated carbocycles. The van der Waals surface area contributed by atoms with Gasteiger partial charge in [-0.3, -0.25) is 0 Å². The molecule has 0 radical (unpaired) electrons. The minimum absolute atomic E-state index is 0.158. The molecule has 2 unspecified atom stereocenters. The van der Waals surface area contributed by atoms with Gasteiger partial charge in [0.15, 0.2) is 0 Å². The summed E-state index contributed by atoms with van der Waals surface area (Å²) in [4.78, 5) is 0. The number of rotatable bonds is 8. The number of nitrogens with one attached hydrogen (secondary N) is 1. The molecular formula is C28H39NO3. The van der Waals surface area contributed by atoms with Crippen molar-refractivity contribution in [3.8, 4) is 5.75 Å². The van der Waals surface area contributed by atoms with Gasteiger partial charge in [0.1, 0.15) is 23.6 Å². The third-order valence-corrected chi connectivity index (χ3v) is 7.17. The Bertz CT molecular complexity index is 888. The number of ether oxygens (including phenoxy) is 3. The van der Waals surface area contributed by atoms with E-state index in [1.807, 2.05) is 7.05 Å². The normalized spacial score (nSPS) is 22.8. The first-order valence-electron chi connectivity index (χ1n) is 12.3. The van der Waals surface area contributed by atoms with E-state index in [0.29, 0.717) is 6.61 Å². The summed E-state index contributed by atoms with van der Waals surface area (Å²) in [7, 11) is 1.94. The van der Waals surface area contributed by atoms with Crippen molar-refractivity contribution in [2.75, 3.05) is 19.0 Å². The van der Waals surface area contributed by atoms with E-state index in [4.69, 9.17) is 14.2 Å². The van der Waals surface area contributed by atoms with Crippen molar-refractivity contribution in [3.05, 3.63) is 59.2 Å². The summed E-state index contributed by atoms with van der Waals surface area (Å²) in [5, 5.41) is 3.25. The predicted molar refractivity (Wildman–Crippen MR) is 130 cm³/mol. The van der Waals surface area contributed by atoms with Gasteiger partial charge in [0.05, 0.1) is 6.61 Å².